The highest BCUT2D eigenvalue weighted by atomic mass is 14.7. The molecular weight excluding hydrogens is 88.1 g/mol. The molecule has 2 nitrogen and oxygen atoms in total. The highest BCUT2D eigenvalue weighted by Gasteiger charge is 1.91. The fraction of sp³-hybridized carbons (Fsp3) is 0.600. The van der Waals surface area contributed by atoms with Crippen LogP contribution in [0.25, 0.3) is 0 Å². The Bertz CT molecular complexity index is 74.1. The van der Waals surface area contributed by atoms with Crippen LogP contribution < -0.4 is 11.5 Å². The van der Waals surface area contributed by atoms with Gasteiger partial charge in [0.05, 0.1) is 0 Å². The first kappa shape index (κ1) is 6.50. The molecule has 0 amide bonds. The summed E-state index contributed by atoms with van der Waals surface area (Å²) in [5, 5.41) is 0. The third-order valence-electron chi connectivity index (χ3n) is 0.859. The van der Waals surface area contributed by atoms with Crippen molar-refractivity contribution in [1.29, 1.82) is 0 Å². The van der Waals surface area contributed by atoms with Gasteiger partial charge in [-0.1, -0.05) is 6.08 Å². The minimum atomic E-state index is 0.00463. The van der Waals surface area contributed by atoms with Gasteiger partial charge in [-0.05, 0) is 13.8 Å². The highest BCUT2D eigenvalue weighted by Crippen LogP contribution is 1.85. The van der Waals surface area contributed by atoms with Crippen LogP contribution >= 0.6 is 0 Å². The monoisotopic (exact) mass is 100 g/mol. The van der Waals surface area contributed by atoms with Crippen molar-refractivity contribution >= 4 is 0 Å². The average molecular weight is 100 g/mol. The highest BCUT2D eigenvalue weighted by molar-refractivity contribution is 5.00. The number of allylic oxidation sites excluding steroid dienone is 1. The maximum Gasteiger partial charge on any atom is 0.0410 e. The van der Waals surface area contributed by atoms with Gasteiger partial charge in [0.15, 0.2) is 0 Å². The van der Waals surface area contributed by atoms with Crippen LogP contribution in [-0.2, 0) is 0 Å². The minimum Gasteiger partial charge on any atom is -0.401 e. The average Bonchev–Trinajstić information content (AvgIpc) is 1.65. The molecule has 0 aliphatic rings. The Morgan fingerprint density at radius 2 is 2.14 bits per heavy atom. The molecular formula is C5H12N2. The van der Waals surface area contributed by atoms with E-state index in [-0.39, 0.29) is 6.04 Å². The molecule has 0 radical (unpaired) electrons. The zero-order valence-corrected chi connectivity index (χ0v) is 4.81. The molecule has 1 unspecified atom stereocenters. The van der Waals surface area contributed by atoms with Gasteiger partial charge in [-0.15, -0.1) is 0 Å². The standard InChI is InChI=1S/C5H12N2/c1-3-5(7)4(2)6/h3-4H,6-7H2,1-2H3. The number of hydrogen-bond donors (Lipinski definition) is 2. The van der Waals surface area contributed by atoms with Gasteiger partial charge >= 0.3 is 0 Å². The summed E-state index contributed by atoms with van der Waals surface area (Å²) < 4.78 is 0. The molecule has 0 aromatic heterocycles. The smallest absolute Gasteiger partial charge is 0.0410 e. The van der Waals surface area contributed by atoms with E-state index < -0.39 is 0 Å². The molecule has 0 saturated carbocycles. The van der Waals surface area contributed by atoms with Gasteiger partial charge in [-0.3, -0.25) is 0 Å². The summed E-state index contributed by atoms with van der Waals surface area (Å²) in [7, 11) is 0. The van der Waals surface area contributed by atoms with Crippen LogP contribution in [-0.4, -0.2) is 6.04 Å². The van der Waals surface area contributed by atoms with E-state index in [1.54, 1.807) is 0 Å². The van der Waals surface area contributed by atoms with Gasteiger partial charge in [0.2, 0.25) is 0 Å². The molecule has 4 N–H and O–H groups in total. The molecule has 0 bridgehead atoms. The zero-order valence-electron chi connectivity index (χ0n) is 4.81. The molecule has 1 atom stereocenters. The topological polar surface area (TPSA) is 52.0 Å². The van der Waals surface area contributed by atoms with Crippen molar-refractivity contribution in [2.45, 2.75) is 19.9 Å². The summed E-state index contributed by atoms with van der Waals surface area (Å²) in [4.78, 5) is 0. The van der Waals surface area contributed by atoms with Gasteiger partial charge < -0.3 is 11.5 Å². The van der Waals surface area contributed by atoms with Crippen LogP contribution in [0.5, 0.6) is 0 Å². The van der Waals surface area contributed by atoms with E-state index in [2.05, 4.69) is 0 Å². The van der Waals surface area contributed by atoms with Crippen LogP contribution in [0.3, 0.4) is 0 Å². The molecule has 2 heteroatoms. The van der Waals surface area contributed by atoms with Gasteiger partial charge in [0.25, 0.3) is 0 Å². The second kappa shape index (κ2) is 2.64. The summed E-state index contributed by atoms with van der Waals surface area (Å²) in [5.41, 5.74) is 11.5. The van der Waals surface area contributed by atoms with E-state index in [1.807, 2.05) is 19.9 Å². The Morgan fingerprint density at radius 1 is 1.71 bits per heavy atom. The molecule has 0 aliphatic heterocycles. The molecule has 0 aromatic rings. The van der Waals surface area contributed by atoms with Crippen LogP contribution in [0.2, 0.25) is 0 Å². The van der Waals surface area contributed by atoms with E-state index >= 15 is 0 Å². The lowest BCUT2D eigenvalue weighted by Crippen LogP contribution is -2.23. The van der Waals surface area contributed by atoms with Crippen LogP contribution in [0, 0.1) is 0 Å². The fourth-order valence-corrected chi connectivity index (χ4v) is 0.263. The first-order valence-corrected chi connectivity index (χ1v) is 2.35. The van der Waals surface area contributed by atoms with Crippen molar-refractivity contribution in [3.05, 3.63) is 11.8 Å². The van der Waals surface area contributed by atoms with Crippen molar-refractivity contribution in [1.82, 2.24) is 0 Å². The summed E-state index contributed by atoms with van der Waals surface area (Å²) >= 11 is 0. The second-order valence-electron chi connectivity index (χ2n) is 1.58. The van der Waals surface area contributed by atoms with Gasteiger partial charge in [0, 0.05) is 11.7 Å². The Kier molecular flexibility index (Phi) is 2.45. The number of rotatable bonds is 1. The summed E-state index contributed by atoms with van der Waals surface area (Å²) in [5.74, 6) is 0. The van der Waals surface area contributed by atoms with Crippen LogP contribution in [0.1, 0.15) is 13.8 Å². The number of nitrogens with two attached hydrogens (primary N) is 2. The first-order chi connectivity index (χ1) is 3.18. The Labute approximate surface area is 44.2 Å². The molecule has 0 fully saturated rings. The Balaban J connectivity index is 3.56. The van der Waals surface area contributed by atoms with E-state index in [0.717, 1.165) is 5.70 Å². The SMILES string of the molecule is CC=C(N)C(C)N. The molecule has 0 spiro atoms. The summed E-state index contributed by atoms with van der Waals surface area (Å²) in [6.45, 7) is 3.73. The van der Waals surface area contributed by atoms with Gasteiger partial charge in [-0.25, -0.2) is 0 Å². The normalized spacial score (nSPS) is 16.7. The Morgan fingerprint density at radius 3 is 2.14 bits per heavy atom. The molecule has 0 aromatic carbocycles. The van der Waals surface area contributed by atoms with Crippen LogP contribution in [0.15, 0.2) is 11.8 Å². The van der Waals surface area contributed by atoms with Crippen molar-refractivity contribution in [2.24, 2.45) is 11.5 Å². The molecule has 7 heavy (non-hydrogen) atoms. The summed E-state index contributed by atoms with van der Waals surface area (Å²) in [6.07, 6.45) is 1.81. The zero-order chi connectivity index (χ0) is 5.86. The molecule has 42 valence electrons. The second-order valence-corrected chi connectivity index (χ2v) is 1.58. The minimum absolute atomic E-state index is 0.00463. The predicted octanol–water partition coefficient (Wildman–Crippen LogP) is 0.196. The maximum atomic E-state index is 5.35. The van der Waals surface area contributed by atoms with Crippen molar-refractivity contribution in [3.8, 4) is 0 Å². The Hall–Kier alpha value is -0.500. The molecule has 0 heterocycles. The lowest BCUT2D eigenvalue weighted by atomic mass is 10.3. The lowest BCUT2D eigenvalue weighted by molar-refractivity contribution is 0.844. The van der Waals surface area contributed by atoms with E-state index in [0.29, 0.717) is 0 Å². The van der Waals surface area contributed by atoms with E-state index in [9.17, 15) is 0 Å². The van der Waals surface area contributed by atoms with Crippen molar-refractivity contribution < 1.29 is 0 Å². The van der Waals surface area contributed by atoms with Gasteiger partial charge in [0.1, 0.15) is 0 Å². The summed E-state index contributed by atoms with van der Waals surface area (Å²) in [6, 6.07) is 0.00463. The quantitative estimate of drug-likeness (QED) is 0.494. The lowest BCUT2D eigenvalue weighted by Gasteiger charge is -2.01. The first-order valence-electron chi connectivity index (χ1n) is 2.35. The predicted molar refractivity (Wildman–Crippen MR) is 31.6 cm³/mol. The van der Waals surface area contributed by atoms with E-state index in [4.69, 9.17) is 11.5 Å². The fourth-order valence-electron chi connectivity index (χ4n) is 0.263. The maximum absolute atomic E-state index is 5.35. The van der Waals surface area contributed by atoms with Gasteiger partial charge in [-0.2, -0.15) is 0 Å². The van der Waals surface area contributed by atoms with E-state index in [1.165, 1.54) is 0 Å². The van der Waals surface area contributed by atoms with Crippen molar-refractivity contribution in [3.63, 3.8) is 0 Å². The number of hydrogen-bond acceptors (Lipinski definition) is 2. The molecule has 0 rings (SSSR count). The van der Waals surface area contributed by atoms with Crippen molar-refractivity contribution in [2.75, 3.05) is 0 Å². The molecule has 0 saturated heterocycles. The van der Waals surface area contributed by atoms with Crippen LogP contribution in [0.4, 0.5) is 0 Å². The third-order valence-corrected chi connectivity index (χ3v) is 0.859. The largest absolute Gasteiger partial charge is 0.401 e. The third kappa shape index (κ3) is 2.23. The molecule has 0 aliphatic carbocycles.